The Balaban J connectivity index is 0.00000306. The van der Waals surface area contributed by atoms with E-state index in [0.29, 0.717) is 24.9 Å². The minimum Gasteiger partial charge on any atom is -0.444 e. The van der Waals surface area contributed by atoms with E-state index >= 15 is 0 Å². The number of aliphatic imine (C=N–C) groups is 1. The van der Waals surface area contributed by atoms with Crippen molar-refractivity contribution in [1.82, 2.24) is 20.6 Å². The van der Waals surface area contributed by atoms with E-state index in [9.17, 15) is 0 Å². The van der Waals surface area contributed by atoms with Crippen molar-refractivity contribution in [2.75, 3.05) is 25.0 Å². The first-order chi connectivity index (χ1) is 15.6. The highest BCUT2D eigenvalue weighted by atomic mass is 127. The zero-order valence-electron chi connectivity index (χ0n) is 19.2. The van der Waals surface area contributed by atoms with E-state index in [1.54, 1.807) is 13.3 Å². The van der Waals surface area contributed by atoms with Gasteiger partial charge in [-0.2, -0.15) is 0 Å². The standard InChI is InChI=1S/C24H30N6O2.HI/c1-17-14-30(15-18(2)32-17)22-10-9-19(11-26-22)12-27-24(25-3)28-13-21-16-31-23(29-21)20-7-5-4-6-8-20;/h4-11,16-18H,12-15H2,1-3H3,(H2,25,27,28);1H. The average molecular weight is 562 g/mol. The third-order valence-electron chi connectivity index (χ3n) is 5.25. The highest BCUT2D eigenvalue weighted by Gasteiger charge is 2.22. The molecule has 2 unspecified atom stereocenters. The highest BCUT2D eigenvalue weighted by molar-refractivity contribution is 14.0. The number of anilines is 1. The molecule has 3 heterocycles. The summed E-state index contributed by atoms with van der Waals surface area (Å²) >= 11 is 0. The maximum Gasteiger partial charge on any atom is 0.226 e. The van der Waals surface area contributed by atoms with Crippen molar-refractivity contribution >= 4 is 35.8 Å². The fourth-order valence-electron chi connectivity index (χ4n) is 3.76. The molecular formula is C24H31IN6O2. The smallest absolute Gasteiger partial charge is 0.226 e. The van der Waals surface area contributed by atoms with Crippen LogP contribution >= 0.6 is 24.0 Å². The molecule has 1 saturated heterocycles. The van der Waals surface area contributed by atoms with Gasteiger partial charge >= 0.3 is 0 Å². The van der Waals surface area contributed by atoms with Gasteiger partial charge in [0, 0.05) is 38.4 Å². The number of benzene rings is 1. The molecule has 4 rings (SSSR count). The van der Waals surface area contributed by atoms with E-state index in [0.717, 1.165) is 35.7 Å². The van der Waals surface area contributed by atoms with Crippen molar-refractivity contribution in [1.29, 1.82) is 0 Å². The summed E-state index contributed by atoms with van der Waals surface area (Å²) in [5.74, 6) is 2.29. The number of hydrogen-bond acceptors (Lipinski definition) is 6. The number of nitrogens with zero attached hydrogens (tertiary/aromatic N) is 4. The summed E-state index contributed by atoms with van der Waals surface area (Å²) in [5.41, 5.74) is 2.85. The molecule has 8 nitrogen and oxygen atoms in total. The summed E-state index contributed by atoms with van der Waals surface area (Å²) < 4.78 is 11.4. The first-order valence-electron chi connectivity index (χ1n) is 10.9. The molecule has 176 valence electrons. The Labute approximate surface area is 211 Å². The minimum absolute atomic E-state index is 0. The van der Waals surface area contributed by atoms with Crippen molar-refractivity contribution in [3.05, 3.63) is 66.2 Å². The van der Waals surface area contributed by atoms with Crippen LogP contribution in [0.3, 0.4) is 0 Å². The van der Waals surface area contributed by atoms with E-state index < -0.39 is 0 Å². The third-order valence-corrected chi connectivity index (χ3v) is 5.25. The van der Waals surface area contributed by atoms with E-state index in [2.05, 4.69) is 56.5 Å². The average Bonchev–Trinajstić information content (AvgIpc) is 3.29. The number of morpholine rings is 1. The van der Waals surface area contributed by atoms with Gasteiger partial charge in [-0.3, -0.25) is 4.99 Å². The van der Waals surface area contributed by atoms with E-state index in [4.69, 9.17) is 9.15 Å². The van der Waals surface area contributed by atoms with Gasteiger partial charge in [0.1, 0.15) is 12.1 Å². The number of aromatic nitrogens is 2. The number of hydrogen-bond donors (Lipinski definition) is 2. The van der Waals surface area contributed by atoms with Crippen LogP contribution in [0.2, 0.25) is 0 Å². The molecule has 9 heteroatoms. The van der Waals surface area contributed by atoms with Crippen LogP contribution in [0.15, 0.2) is 64.3 Å². The third kappa shape index (κ3) is 6.91. The molecular weight excluding hydrogens is 531 g/mol. The molecule has 1 aromatic carbocycles. The fraction of sp³-hybridized carbons (Fsp3) is 0.375. The predicted octanol–water partition coefficient (Wildman–Crippen LogP) is 3.83. The second kappa shape index (κ2) is 12.0. The number of guanidine groups is 1. The molecule has 1 fully saturated rings. The van der Waals surface area contributed by atoms with Gasteiger partial charge in [-0.25, -0.2) is 9.97 Å². The number of oxazole rings is 1. The Kier molecular flexibility index (Phi) is 9.07. The van der Waals surface area contributed by atoms with Crippen LogP contribution in [-0.2, 0) is 17.8 Å². The summed E-state index contributed by atoms with van der Waals surface area (Å²) in [6, 6.07) is 14.0. The van der Waals surface area contributed by atoms with Crippen molar-refractivity contribution in [3.63, 3.8) is 0 Å². The number of halogens is 1. The number of nitrogens with one attached hydrogen (secondary N) is 2. The van der Waals surface area contributed by atoms with Crippen molar-refractivity contribution in [2.24, 2.45) is 4.99 Å². The quantitative estimate of drug-likeness (QED) is 0.268. The molecule has 33 heavy (non-hydrogen) atoms. The lowest BCUT2D eigenvalue weighted by Crippen LogP contribution is -2.45. The van der Waals surface area contributed by atoms with Gasteiger partial charge in [-0.15, -0.1) is 24.0 Å². The summed E-state index contributed by atoms with van der Waals surface area (Å²) in [4.78, 5) is 15.7. The van der Waals surface area contributed by atoms with Crippen LogP contribution in [0, 0.1) is 0 Å². The summed E-state index contributed by atoms with van der Waals surface area (Å²) in [6.45, 7) is 7.05. The predicted molar refractivity (Wildman–Crippen MR) is 141 cm³/mol. The zero-order chi connectivity index (χ0) is 22.3. The van der Waals surface area contributed by atoms with Crippen LogP contribution in [-0.4, -0.2) is 48.3 Å². The van der Waals surface area contributed by atoms with Gasteiger partial charge in [0.05, 0.1) is 24.4 Å². The van der Waals surface area contributed by atoms with Crippen LogP contribution in [0.5, 0.6) is 0 Å². The Bertz CT molecular complexity index is 1010. The summed E-state index contributed by atoms with van der Waals surface area (Å²) in [7, 11) is 1.75. The van der Waals surface area contributed by atoms with Gasteiger partial charge in [0.2, 0.25) is 5.89 Å². The number of rotatable bonds is 6. The van der Waals surface area contributed by atoms with Gasteiger partial charge in [0.25, 0.3) is 0 Å². The zero-order valence-corrected chi connectivity index (χ0v) is 21.5. The Hall–Kier alpha value is -2.66. The van der Waals surface area contributed by atoms with Crippen LogP contribution in [0.1, 0.15) is 25.1 Å². The molecule has 2 aromatic heterocycles. The molecule has 1 aliphatic rings. The SMILES string of the molecule is CN=C(NCc1ccc(N2CC(C)OC(C)C2)nc1)NCc1coc(-c2ccccc2)n1.I. The summed E-state index contributed by atoms with van der Waals surface area (Å²) in [5, 5.41) is 6.58. The first-order valence-corrected chi connectivity index (χ1v) is 10.9. The largest absolute Gasteiger partial charge is 0.444 e. The van der Waals surface area contributed by atoms with E-state index in [1.807, 2.05) is 36.5 Å². The van der Waals surface area contributed by atoms with E-state index in [-0.39, 0.29) is 36.2 Å². The van der Waals surface area contributed by atoms with Crippen molar-refractivity contribution in [2.45, 2.75) is 39.1 Å². The van der Waals surface area contributed by atoms with E-state index in [1.165, 1.54) is 0 Å². The van der Waals surface area contributed by atoms with Crippen molar-refractivity contribution in [3.8, 4) is 11.5 Å². The lowest BCUT2D eigenvalue weighted by Gasteiger charge is -2.36. The lowest BCUT2D eigenvalue weighted by atomic mass is 10.2. The summed E-state index contributed by atoms with van der Waals surface area (Å²) in [6.07, 6.45) is 4.00. The topological polar surface area (TPSA) is 87.8 Å². The van der Waals surface area contributed by atoms with Crippen LogP contribution in [0.25, 0.3) is 11.5 Å². The Morgan fingerprint density at radius 3 is 2.45 bits per heavy atom. The lowest BCUT2D eigenvalue weighted by molar-refractivity contribution is -0.00545. The molecule has 0 amide bonds. The van der Waals surface area contributed by atoms with Gasteiger partial charge < -0.3 is 24.7 Å². The minimum atomic E-state index is 0. The second-order valence-electron chi connectivity index (χ2n) is 7.98. The molecule has 0 bridgehead atoms. The van der Waals surface area contributed by atoms with Crippen LogP contribution in [0.4, 0.5) is 5.82 Å². The second-order valence-corrected chi connectivity index (χ2v) is 7.98. The van der Waals surface area contributed by atoms with Gasteiger partial charge in [0.15, 0.2) is 5.96 Å². The molecule has 0 spiro atoms. The highest BCUT2D eigenvalue weighted by Crippen LogP contribution is 2.19. The fourth-order valence-corrected chi connectivity index (χ4v) is 3.76. The molecule has 0 saturated carbocycles. The first kappa shape index (κ1) is 25.0. The molecule has 0 radical (unpaired) electrons. The van der Waals surface area contributed by atoms with Crippen LogP contribution < -0.4 is 15.5 Å². The number of pyridine rings is 1. The van der Waals surface area contributed by atoms with Gasteiger partial charge in [-0.1, -0.05) is 24.3 Å². The molecule has 2 N–H and O–H groups in total. The molecule has 2 atom stereocenters. The van der Waals surface area contributed by atoms with Gasteiger partial charge in [-0.05, 0) is 37.6 Å². The maximum absolute atomic E-state index is 5.81. The Morgan fingerprint density at radius 2 is 1.79 bits per heavy atom. The van der Waals surface area contributed by atoms with Crippen molar-refractivity contribution < 1.29 is 9.15 Å². The Morgan fingerprint density at radius 1 is 1.06 bits per heavy atom. The molecule has 3 aromatic rings. The molecule has 1 aliphatic heterocycles. The maximum atomic E-state index is 5.81. The number of ether oxygens (including phenoxy) is 1. The monoisotopic (exact) mass is 562 g/mol. The molecule has 0 aliphatic carbocycles. The normalized spacial score (nSPS) is 18.5.